The van der Waals surface area contributed by atoms with Gasteiger partial charge in [0, 0.05) is 40.0 Å². The SMILES string of the molecule is O=C(NCc1ccc(Cl)cc1)c1ccc(/C=C2/SC3CCCCC3N(Cc3cccc(Cl)c3)C2=O)cc1. The number of carbonyl (C=O) groups is 2. The predicted molar refractivity (Wildman–Crippen MR) is 153 cm³/mol. The maximum Gasteiger partial charge on any atom is 0.260 e. The molecule has 0 aromatic heterocycles. The van der Waals surface area contributed by atoms with Gasteiger partial charge in [0.25, 0.3) is 11.8 Å². The number of thioether (sulfide) groups is 1. The van der Waals surface area contributed by atoms with Gasteiger partial charge in [-0.3, -0.25) is 9.59 Å². The Balaban J connectivity index is 1.29. The number of fused-ring (bicyclic) bond motifs is 1. The molecule has 3 aromatic rings. The van der Waals surface area contributed by atoms with Crippen molar-refractivity contribution in [1.29, 1.82) is 0 Å². The molecule has 37 heavy (non-hydrogen) atoms. The Hall–Kier alpha value is -2.73. The molecule has 1 N–H and O–H groups in total. The van der Waals surface area contributed by atoms with Crippen LogP contribution in [0.4, 0.5) is 0 Å². The molecule has 2 aliphatic rings. The second-order valence-corrected chi connectivity index (χ2v) is 11.7. The van der Waals surface area contributed by atoms with Gasteiger partial charge in [0.15, 0.2) is 0 Å². The van der Waals surface area contributed by atoms with Crippen LogP contribution in [0.2, 0.25) is 10.0 Å². The van der Waals surface area contributed by atoms with Crippen LogP contribution in [0, 0.1) is 0 Å². The molecule has 5 rings (SSSR count). The molecule has 7 heteroatoms. The second kappa shape index (κ2) is 11.8. The Morgan fingerprint density at radius 1 is 0.946 bits per heavy atom. The summed E-state index contributed by atoms with van der Waals surface area (Å²) in [6.45, 7) is 0.989. The minimum Gasteiger partial charge on any atom is -0.348 e. The van der Waals surface area contributed by atoms with E-state index in [1.165, 1.54) is 6.42 Å². The highest BCUT2D eigenvalue weighted by Crippen LogP contribution is 2.42. The Morgan fingerprint density at radius 3 is 2.46 bits per heavy atom. The molecule has 3 aromatic carbocycles. The summed E-state index contributed by atoms with van der Waals surface area (Å²) in [5.41, 5.74) is 3.51. The molecule has 2 unspecified atom stereocenters. The van der Waals surface area contributed by atoms with Crippen LogP contribution in [0.3, 0.4) is 0 Å². The van der Waals surface area contributed by atoms with Crippen molar-refractivity contribution in [1.82, 2.24) is 10.2 Å². The number of hydrogen-bond acceptors (Lipinski definition) is 3. The zero-order valence-corrected chi connectivity index (χ0v) is 22.7. The van der Waals surface area contributed by atoms with Gasteiger partial charge in [0.2, 0.25) is 0 Å². The van der Waals surface area contributed by atoms with Crippen molar-refractivity contribution in [3.05, 3.63) is 110 Å². The molecule has 1 aliphatic carbocycles. The quantitative estimate of drug-likeness (QED) is 0.326. The molecule has 0 spiro atoms. The van der Waals surface area contributed by atoms with Gasteiger partial charge in [-0.15, -0.1) is 11.8 Å². The average Bonchev–Trinajstić information content (AvgIpc) is 2.91. The Labute approximate surface area is 232 Å². The van der Waals surface area contributed by atoms with E-state index < -0.39 is 0 Å². The van der Waals surface area contributed by atoms with Crippen LogP contribution in [0.1, 0.15) is 52.7 Å². The molecule has 190 valence electrons. The van der Waals surface area contributed by atoms with E-state index >= 15 is 0 Å². The van der Waals surface area contributed by atoms with Gasteiger partial charge in [-0.05, 0) is 72.0 Å². The Kier molecular flexibility index (Phi) is 8.23. The fourth-order valence-electron chi connectivity index (χ4n) is 4.96. The number of nitrogens with zero attached hydrogens (tertiary/aromatic N) is 1. The lowest BCUT2D eigenvalue weighted by atomic mass is 9.92. The van der Waals surface area contributed by atoms with Gasteiger partial charge < -0.3 is 10.2 Å². The van der Waals surface area contributed by atoms with Crippen LogP contribution in [0.5, 0.6) is 0 Å². The van der Waals surface area contributed by atoms with E-state index in [9.17, 15) is 9.59 Å². The monoisotopic (exact) mass is 550 g/mol. The first-order valence-corrected chi connectivity index (χ1v) is 14.2. The average molecular weight is 552 g/mol. The van der Waals surface area contributed by atoms with Crippen molar-refractivity contribution in [2.45, 2.75) is 50.1 Å². The Morgan fingerprint density at radius 2 is 1.70 bits per heavy atom. The van der Waals surface area contributed by atoms with E-state index in [1.807, 2.05) is 71.6 Å². The highest BCUT2D eigenvalue weighted by Gasteiger charge is 2.40. The molecule has 1 saturated carbocycles. The largest absolute Gasteiger partial charge is 0.348 e. The summed E-state index contributed by atoms with van der Waals surface area (Å²) in [5.74, 6) is -0.0760. The lowest BCUT2D eigenvalue weighted by Gasteiger charge is -2.44. The third kappa shape index (κ3) is 6.40. The van der Waals surface area contributed by atoms with Crippen LogP contribution in [-0.2, 0) is 17.9 Å². The number of hydrogen-bond donors (Lipinski definition) is 1. The molecule has 1 heterocycles. The zero-order chi connectivity index (χ0) is 25.8. The van der Waals surface area contributed by atoms with Crippen molar-refractivity contribution < 1.29 is 9.59 Å². The summed E-state index contributed by atoms with van der Waals surface area (Å²) in [7, 11) is 0. The first-order valence-electron chi connectivity index (χ1n) is 12.5. The minimum absolute atomic E-state index is 0.0675. The Bertz CT molecular complexity index is 1310. The molecule has 4 nitrogen and oxygen atoms in total. The van der Waals surface area contributed by atoms with E-state index in [-0.39, 0.29) is 17.9 Å². The molecule has 1 aliphatic heterocycles. The summed E-state index contributed by atoms with van der Waals surface area (Å²) >= 11 is 13.8. The van der Waals surface area contributed by atoms with E-state index in [1.54, 1.807) is 23.9 Å². The maximum atomic E-state index is 13.6. The molecule has 2 amide bonds. The topological polar surface area (TPSA) is 49.4 Å². The molecule has 0 radical (unpaired) electrons. The maximum absolute atomic E-state index is 13.6. The molecular formula is C30H28Cl2N2O2S. The van der Waals surface area contributed by atoms with Gasteiger partial charge in [0.05, 0.1) is 4.91 Å². The highest BCUT2D eigenvalue weighted by molar-refractivity contribution is 8.04. The van der Waals surface area contributed by atoms with E-state index in [4.69, 9.17) is 23.2 Å². The van der Waals surface area contributed by atoms with Crippen molar-refractivity contribution >= 4 is 52.9 Å². The van der Waals surface area contributed by atoms with Crippen LogP contribution in [-0.4, -0.2) is 28.0 Å². The summed E-state index contributed by atoms with van der Waals surface area (Å²) in [4.78, 5) is 29.0. The van der Waals surface area contributed by atoms with E-state index in [0.29, 0.717) is 33.9 Å². The standard InChI is InChI=1S/C30H28Cl2N2O2S/c31-24-14-10-21(11-15-24)18-33-29(35)23-12-8-20(9-13-23)17-28-30(36)34(19-22-4-3-5-25(32)16-22)26-6-1-2-7-27(26)37-28/h3-5,8-17,26-27H,1-2,6-7,18-19H2,(H,33,35)/b28-17+. The first kappa shape index (κ1) is 25.9. The number of benzene rings is 3. The van der Waals surface area contributed by atoms with Gasteiger partial charge >= 0.3 is 0 Å². The van der Waals surface area contributed by atoms with Crippen molar-refractivity contribution in [2.75, 3.05) is 0 Å². The lowest BCUT2D eigenvalue weighted by molar-refractivity contribution is -0.130. The number of rotatable bonds is 6. The van der Waals surface area contributed by atoms with Crippen LogP contribution >= 0.6 is 35.0 Å². The normalized spacial score (nSPS) is 20.5. The van der Waals surface area contributed by atoms with Crippen LogP contribution < -0.4 is 5.32 Å². The summed E-state index contributed by atoms with van der Waals surface area (Å²) in [6, 6.07) is 22.8. The van der Waals surface area contributed by atoms with Gasteiger partial charge in [0.1, 0.15) is 0 Å². The predicted octanol–water partition coefficient (Wildman–Crippen LogP) is 7.35. The smallest absolute Gasteiger partial charge is 0.260 e. The van der Waals surface area contributed by atoms with Gasteiger partial charge in [-0.2, -0.15) is 0 Å². The summed E-state index contributed by atoms with van der Waals surface area (Å²) in [5, 5.41) is 4.69. The number of carbonyl (C=O) groups excluding carboxylic acids is 2. The van der Waals surface area contributed by atoms with Crippen LogP contribution in [0.15, 0.2) is 77.7 Å². The fraction of sp³-hybridized carbons (Fsp3) is 0.267. The second-order valence-electron chi connectivity index (χ2n) is 9.51. The molecule has 1 saturated heterocycles. The van der Waals surface area contributed by atoms with Gasteiger partial charge in [-0.25, -0.2) is 0 Å². The van der Waals surface area contributed by atoms with E-state index in [0.717, 1.165) is 40.9 Å². The molecule has 0 bridgehead atoms. The fourth-order valence-corrected chi connectivity index (χ4v) is 6.77. The van der Waals surface area contributed by atoms with Crippen molar-refractivity contribution in [3.63, 3.8) is 0 Å². The minimum atomic E-state index is -0.144. The first-order chi connectivity index (χ1) is 18.0. The van der Waals surface area contributed by atoms with Crippen LogP contribution in [0.25, 0.3) is 6.08 Å². The highest BCUT2D eigenvalue weighted by atomic mass is 35.5. The zero-order valence-electron chi connectivity index (χ0n) is 20.3. The summed E-state index contributed by atoms with van der Waals surface area (Å²) in [6.07, 6.45) is 6.45. The summed E-state index contributed by atoms with van der Waals surface area (Å²) < 4.78 is 0. The lowest BCUT2D eigenvalue weighted by Crippen LogP contribution is -2.50. The van der Waals surface area contributed by atoms with E-state index in [2.05, 4.69) is 5.32 Å². The third-order valence-electron chi connectivity index (χ3n) is 6.90. The number of halogens is 2. The molecule has 2 atom stereocenters. The van der Waals surface area contributed by atoms with Gasteiger partial charge in [-0.1, -0.05) is 72.4 Å². The van der Waals surface area contributed by atoms with Crippen molar-refractivity contribution in [2.24, 2.45) is 0 Å². The molecule has 2 fully saturated rings. The van der Waals surface area contributed by atoms with Crippen molar-refractivity contribution in [3.8, 4) is 0 Å². The number of nitrogens with one attached hydrogen (secondary N) is 1. The third-order valence-corrected chi connectivity index (χ3v) is 8.78. The molecular weight excluding hydrogens is 523 g/mol. The number of amides is 2.